The Hall–Kier alpha value is -2.65. The summed E-state index contributed by atoms with van der Waals surface area (Å²) in [5.41, 5.74) is 1.74. The zero-order chi connectivity index (χ0) is 20.8. The number of likely N-dealkylation sites (tertiary alicyclic amines) is 1. The molecule has 3 rings (SSSR count). The molecule has 9 heteroatoms. The summed E-state index contributed by atoms with van der Waals surface area (Å²) in [6.45, 7) is 5.70. The Morgan fingerprint density at radius 3 is 2.28 bits per heavy atom. The van der Waals surface area contributed by atoms with Crippen molar-refractivity contribution in [2.45, 2.75) is 18.9 Å². The molecule has 9 nitrogen and oxygen atoms in total. The number of hydrogen-bond acceptors (Lipinski definition) is 7. The van der Waals surface area contributed by atoms with Gasteiger partial charge in [0.15, 0.2) is 0 Å². The number of amides is 1. The van der Waals surface area contributed by atoms with Gasteiger partial charge in [0, 0.05) is 56.6 Å². The highest BCUT2D eigenvalue weighted by Crippen LogP contribution is 2.22. The summed E-state index contributed by atoms with van der Waals surface area (Å²) in [4.78, 5) is 28.9. The minimum atomic E-state index is -0.751. The summed E-state index contributed by atoms with van der Waals surface area (Å²) >= 11 is 0. The number of amidine groups is 1. The topological polar surface area (TPSA) is 109 Å². The molecule has 2 heterocycles. The number of nitrogens with one attached hydrogen (secondary N) is 2. The van der Waals surface area contributed by atoms with Gasteiger partial charge in [-0.05, 0) is 37.1 Å². The van der Waals surface area contributed by atoms with E-state index in [1.165, 1.54) is 7.11 Å². The van der Waals surface area contributed by atoms with Crippen LogP contribution in [0.4, 0.5) is 10.5 Å². The second kappa shape index (κ2) is 9.71. The van der Waals surface area contributed by atoms with E-state index >= 15 is 0 Å². The highest BCUT2D eigenvalue weighted by molar-refractivity contribution is 6.04. The molecule has 1 amide bonds. The van der Waals surface area contributed by atoms with E-state index in [0.29, 0.717) is 11.6 Å². The molecule has 0 spiro atoms. The summed E-state index contributed by atoms with van der Waals surface area (Å²) in [5, 5.41) is 19.2. The summed E-state index contributed by atoms with van der Waals surface area (Å²) in [6, 6.07) is 8.15. The van der Waals surface area contributed by atoms with Gasteiger partial charge >= 0.3 is 12.1 Å². The van der Waals surface area contributed by atoms with Gasteiger partial charge in [0.25, 0.3) is 0 Å². The average molecular weight is 403 g/mol. The number of methoxy groups -OCH3 is 1. The van der Waals surface area contributed by atoms with E-state index in [-0.39, 0.29) is 12.4 Å². The number of carboxylic acid groups (broad SMARTS) is 1. The molecule has 0 bridgehead atoms. The van der Waals surface area contributed by atoms with Gasteiger partial charge in [0.05, 0.1) is 13.7 Å². The van der Waals surface area contributed by atoms with Crippen molar-refractivity contribution in [1.82, 2.24) is 15.1 Å². The number of nitrogens with zero attached hydrogens (tertiary/aromatic N) is 3. The number of alkyl carbamates (subject to hydrolysis) is 1. The minimum absolute atomic E-state index is 0.0162. The van der Waals surface area contributed by atoms with Crippen LogP contribution in [0.5, 0.6) is 0 Å². The third-order valence-electron chi connectivity index (χ3n) is 5.68. The number of ether oxygens (including phenoxy) is 1. The minimum Gasteiger partial charge on any atom is -0.480 e. The summed E-state index contributed by atoms with van der Waals surface area (Å²) in [6.07, 6.45) is 1.40. The first-order chi connectivity index (χ1) is 14.0. The van der Waals surface area contributed by atoms with Crippen LogP contribution in [-0.2, 0) is 9.53 Å². The fraction of sp³-hybridized carbons (Fsp3) is 0.550. The van der Waals surface area contributed by atoms with Gasteiger partial charge in [-0.25, -0.2) is 4.79 Å². The van der Waals surface area contributed by atoms with Crippen LogP contribution in [0.15, 0.2) is 24.3 Å². The lowest BCUT2D eigenvalue weighted by atomic mass is 10.0. The van der Waals surface area contributed by atoms with Crippen LogP contribution >= 0.6 is 0 Å². The van der Waals surface area contributed by atoms with Crippen molar-refractivity contribution in [2.75, 3.05) is 57.8 Å². The smallest absolute Gasteiger partial charge is 0.412 e. The van der Waals surface area contributed by atoms with Gasteiger partial charge in [-0.15, -0.1) is 0 Å². The number of carboxylic acids is 1. The first-order valence-electron chi connectivity index (χ1n) is 9.93. The zero-order valence-corrected chi connectivity index (χ0v) is 16.8. The van der Waals surface area contributed by atoms with Gasteiger partial charge in [-0.3, -0.25) is 25.3 Å². The monoisotopic (exact) mass is 403 g/mol. The van der Waals surface area contributed by atoms with E-state index in [1.54, 1.807) is 0 Å². The summed E-state index contributed by atoms with van der Waals surface area (Å²) < 4.78 is 4.51. The largest absolute Gasteiger partial charge is 0.480 e. The van der Waals surface area contributed by atoms with Crippen molar-refractivity contribution in [3.05, 3.63) is 29.8 Å². The molecular weight excluding hydrogens is 374 g/mol. The van der Waals surface area contributed by atoms with Gasteiger partial charge in [-0.2, -0.15) is 0 Å². The first-order valence-corrected chi connectivity index (χ1v) is 9.93. The Kier molecular flexibility index (Phi) is 7.05. The van der Waals surface area contributed by atoms with E-state index in [0.717, 1.165) is 57.8 Å². The van der Waals surface area contributed by atoms with Crippen LogP contribution in [0.3, 0.4) is 0 Å². The van der Waals surface area contributed by atoms with Gasteiger partial charge in [0.2, 0.25) is 0 Å². The lowest BCUT2D eigenvalue weighted by Gasteiger charge is -2.43. The molecule has 0 radical (unpaired) electrons. The molecule has 158 valence electrons. The Balaban J connectivity index is 1.46. The van der Waals surface area contributed by atoms with Crippen molar-refractivity contribution in [3.63, 3.8) is 0 Å². The standard InChI is InChI=1S/C20H29N5O4/c1-29-20(28)22-19(21)15-2-4-16(5-3-15)24-10-12-25(13-11-24)17-6-8-23(9-7-17)14-18(26)27/h2-5,17H,6-14H2,1H3,(H,26,27)(H2,21,22,28). The second-order valence-corrected chi connectivity index (χ2v) is 7.46. The number of piperidine rings is 1. The Morgan fingerprint density at radius 1 is 1.10 bits per heavy atom. The molecule has 1 aromatic rings. The van der Waals surface area contributed by atoms with Crippen LogP contribution in [-0.4, -0.2) is 91.8 Å². The van der Waals surface area contributed by atoms with Crippen molar-refractivity contribution in [1.29, 1.82) is 5.41 Å². The molecule has 0 saturated carbocycles. The predicted molar refractivity (Wildman–Crippen MR) is 110 cm³/mol. The molecule has 29 heavy (non-hydrogen) atoms. The highest BCUT2D eigenvalue weighted by Gasteiger charge is 2.28. The Bertz CT molecular complexity index is 723. The molecule has 2 saturated heterocycles. The molecule has 0 aliphatic carbocycles. The van der Waals surface area contributed by atoms with Gasteiger partial charge < -0.3 is 14.7 Å². The number of rotatable bonds is 5. The van der Waals surface area contributed by atoms with Crippen LogP contribution in [0.25, 0.3) is 0 Å². The third-order valence-corrected chi connectivity index (χ3v) is 5.68. The molecule has 0 unspecified atom stereocenters. The highest BCUT2D eigenvalue weighted by atomic mass is 16.5. The van der Waals surface area contributed by atoms with Crippen molar-refractivity contribution >= 4 is 23.6 Å². The normalized spacial score (nSPS) is 19.0. The lowest BCUT2D eigenvalue weighted by Crippen LogP contribution is -2.53. The SMILES string of the molecule is COC(=O)NC(=N)c1ccc(N2CCN(C3CCN(CC(=O)O)CC3)CC2)cc1. The Morgan fingerprint density at radius 2 is 1.72 bits per heavy atom. The number of carbonyl (C=O) groups is 2. The van der Waals surface area contributed by atoms with Gasteiger partial charge in [-0.1, -0.05) is 0 Å². The fourth-order valence-electron chi connectivity index (χ4n) is 4.04. The van der Waals surface area contributed by atoms with Crippen molar-refractivity contribution in [2.24, 2.45) is 0 Å². The van der Waals surface area contributed by atoms with Crippen LogP contribution < -0.4 is 10.2 Å². The molecule has 2 aliphatic rings. The number of benzene rings is 1. The molecule has 1 aromatic carbocycles. The van der Waals surface area contributed by atoms with E-state index in [9.17, 15) is 9.59 Å². The fourth-order valence-corrected chi connectivity index (χ4v) is 4.04. The molecule has 2 aliphatic heterocycles. The number of hydrogen-bond donors (Lipinski definition) is 3. The van der Waals surface area contributed by atoms with Crippen LogP contribution in [0.2, 0.25) is 0 Å². The van der Waals surface area contributed by atoms with E-state index in [4.69, 9.17) is 10.5 Å². The molecule has 0 atom stereocenters. The Labute approximate surface area is 170 Å². The summed E-state index contributed by atoms with van der Waals surface area (Å²) in [5.74, 6) is -0.734. The van der Waals surface area contributed by atoms with Gasteiger partial charge in [0.1, 0.15) is 5.84 Å². The number of carbonyl (C=O) groups excluding carboxylic acids is 1. The molecule has 3 N–H and O–H groups in total. The number of piperazine rings is 1. The van der Waals surface area contributed by atoms with E-state index in [2.05, 4.69) is 19.9 Å². The number of aliphatic carboxylic acids is 1. The van der Waals surface area contributed by atoms with Crippen molar-refractivity contribution < 1.29 is 19.4 Å². The lowest BCUT2D eigenvalue weighted by molar-refractivity contribution is -0.138. The predicted octanol–water partition coefficient (Wildman–Crippen LogP) is 1.04. The van der Waals surface area contributed by atoms with E-state index < -0.39 is 12.1 Å². The van der Waals surface area contributed by atoms with Crippen LogP contribution in [0.1, 0.15) is 18.4 Å². The number of anilines is 1. The van der Waals surface area contributed by atoms with Crippen LogP contribution in [0, 0.1) is 5.41 Å². The third kappa shape index (κ3) is 5.68. The quantitative estimate of drug-likeness (QED) is 0.498. The average Bonchev–Trinajstić information content (AvgIpc) is 2.74. The second-order valence-electron chi connectivity index (χ2n) is 7.46. The summed E-state index contributed by atoms with van der Waals surface area (Å²) in [7, 11) is 1.27. The first kappa shape index (κ1) is 21.1. The maximum absolute atomic E-state index is 11.2. The molecule has 0 aromatic heterocycles. The van der Waals surface area contributed by atoms with Crippen molar-refractivity contribution in [3.8, 4) is 0 Å². The zero-order valence-electron chi connectivity index (χ0n) is 16.8. The molecule has 2 fully saturated rings. The maximum atomic E-state index is 11.2. The maximum Gasteiger partial charge on any atom is 0.412 e. The van der Waals surface area contributed by atoms with E-state index in [1.807, 2.05) is 29.2 Å². The molecular formula is C20H29N5O4.